The second-order valence-electron chi connectivity index (χ2n) is 9.64. The summed E-state index contributed by atoms with van der Waals surface area (Å²) in [6.07, 6.45) is -0.683. The molecule has 1 aromatic heterocycles. The Hall–Kier alpha value is -6.14. The molecule has 0 fully saturated rings. The number of carbonyl (C=O) groups is 3. The van der Waals surface area contributed by atoms with Gasteiger partial charge in [0.05, 0.1) is 21.5 Å². The molecule has 8 N–H and O–H groups in total. The summed E-state index contributed by atoms with van der Waals surface area (Å²) in [5.41, 5.74) is 9.06. The highest BCUT2D eigenvalue weighted by molar-refractivity contribution is 5.96. The number of nitrogens with two attached hydrogens (primary N) is 2. The molecule has 45 heavy (non-hydrogen) atoms. The van der Waals surface area contributed by atoms with Crippen LogP contribution >= 0.6 is 0 Å². The van der Waals surface area contributed by atoms with Crippen LogP contribution in [0, 0.1) is 26.0 Å². The molecule has 0 saturated carbocycles. The third kappa shape index (κ3) is 8.69. The van der Waals surface area contributed by atoms with E-state index in [9.17, 15) is 48.9 Å². The largest absolute Gasteiger partial charge is 0.481 e. The van der Waals surface area contributed by atoms with Crippen LogP contribution in [0.5, 0.6) is 0 Å². The van der Waals surface area contributed by atoms with Gasteiger partial charge in [0.1, 0.15) is 17.5 Å². The van der Waals surface area contributed by atoms with E-state index in [1.165, 1.54) is 29.2 Å². The SMILES string of the molecule is Nc1nc(N)c(CCCN(Cc2ccc(C(=O)N[C@@H](CCC(=O)O)C(=O)O)cc2)c2cc(F)c([N+](=O)[O-])cc2[N+](=O)[O-])c(=O)[nH]1. The van der Waals surface area contributed by atoms with Crippen molar-refractivity contribution in [3.05, 3.63) is 89.5 Å². The number of hydrogen-bond donors (Lipinski definition) is 6. The van der Waals surface area contributed by atoms with Crippen molar-refractivity contribution in [2.75, 3.05) is 22.9 Å². The van der Waals surface area contributed by atoms with Gasteiger partial charge in [-0.1, -0.05) is 12.1 Å². The lowest BCUT2D eigenvalue weighted by Gasteiger charge is -2.25. The fourth-order valence-electron chi connectivity index (χ4n) is 4.33. The molecule has 18 nitrogen and oxygen atoms in total. The van der Waals surface area contributed by atoms with Gasteiger partial charge in [0.25, 0.3) is 17.2 Å². The van der Waals surface area contributed by atoms with Gasteiger partial charge in [-0.2, -0.15) is 9.37 Å². The Labute approximate surface area is 251 Å². The number of anilines is 3. The minimum atomic E-state index is -1.46. The molecule has 1 heterocycles. The average Bonchev–Trinajstić information content (AvgIpc) is 2.95. The number of nitrogens with one attached hydrogen (secondary N) is 2. The van der Waals surface area contributed by atoms with Gasteiger partial charge in [-0.25, -0.2) is 4.79 Å². The molecule has 2 aromatic carbocycles. The predicted octanol–water partition coefficient (Wildman–Crippen LogP) is 1.58. The molecular formula is C26H27FN8O10. The Morgan fingerprint density at radius 3 is 2.27 bits per heavy atom. The summed E-state index contributed by atoms with van der Waals surface area (Å²) in [7, 11) is 0. The summed E-state index contributed by atoms with van der Waals surface area (Å²) in [6, 6.07) is 5.23. The average molecular weight is 631 g/mol. The summed E-state index contributed by atoms with van der Waals surface area (Å²) < 4.78 is 14.7. The molecule has 238 valence electrons. The topological polar surface area (TPSA) is 291 Å². The Morgan fingerprint density at radius 1 is 1.07 bits per heavy atom. The number of rotatable bonds is 15. The maximum absolute atomic E-state index is 14.7. The van der Waals surface area contributed by atoms with Crippen LogP contribution in [-0.4, -0.2) is 60.5 Å². The smallest absolute Gasteiger partial charge is 0.326 e. The molecule has 0 bridgehead atoms. The molecule has 1 amide bonds. The molecule has 0 aliphatic carbocycles. The van der Waals surface area contributed by atoms with E-state index in [0.717, 1.165) is 0 Å². The number of aromatic nitrogens is 2. The van der Waals surface area contributed by atoms with Crippen molar-refractivity contribution >= 4 is 46.7 Å². The van der Waals surface area contributed by atoms with Gasteiger partial charge < -0.3 is 31.9 Å². The number of nitro groups is 2. The van der Waals surface area contributed by atoms with E-state index in [0.29, 0.717) is 17.7 Å². The molecule has 0 saturated heterocycles. The number of hydrogen-bond acceptors (Lipinski definition) is 12. The predicted molar refractivity (Wildman–Crippen MR) is 155 cm³/mol. The number of aromatic amines is 1. The number of halogens is 1. The van der Waals surface area contributed by atoms with Crippen LogP contribution in [0.25, 0.3) is 0 Å². The number of amides is 1. The van der Waals surface area contributed by atoms with E-state index in [4.69, 9.17) is 16.6 Å². The van der Waals surface area contributed by atoms with E-state index in [1.807, 2.05) is 0 Å². The lowest BCUT2D eigenvalue weighted by Crippen LogP contribution is -2.41. The van der Waals surface area contributed by atoms with Gasteiger partial charge in [-0.15, -0.1) is 0 Å². The van der Waals surface area contributed by atoms with Crippen LogP contribution in [0.1, 0.15) is 40.7 Å². The number of H-pyrrole nitrogens is 1. The molecule has 0 aliphatic rings. The van der Waals surface area contributed by atoms with Gasteiger partial charge in [0, 0.05) is 31.1 Å². The number of carbonyl (C=O) groups excluding carboxylic acids is 1. The number of carboxylic acids is 2. The molecule has 0 radical (unpaired) electrons. The zero-order valence-electron chi connectivity index (χ0n) is 23.3. The molecule has 3 aromatic rings. The van der Waals surface area contributed by atoms with Gasteiger partial charge in [0.15, 0.2) is 0 Å². The Bertz CT molecular complexity index is 1700. The number of nitrogen functional groups attached to an aromatic ring is 2. The molecular weight excluding hydrogens is 603 g/mol. The van der Waals surface area contributed by atoms with Crippen molar-refractivity contribution < 1.29 is 38.8 Å². The van der Waals surface area contributed by atoms with Crippen LogP contribution in [0.15, 0.2) is 41.2 Å². The zero-order chi connectivity index (χ0) is 33.4. The van der Waals surface area contributed by atoms with Crippen molar-refractivity contribution in [1.29, 1.82) is 0 Å². The summed E-state index contributed by atoms with van der Waals surface area (Å²) in [6.45, 7) is -0.185. The quantitative estimate of drug-likeness (QED) is 0.103. The standard InChI is InChI=1S/C26H27FN8O10/c27-16-10-19(20(35(44)45)11-18(16)34(42)43)33(9-1-2-15-22(28)31-26(29)32-24(15)39)12-13-3-5-14(6-4-13)23(38)30-17(25(40)41)7-8-21(36)37/h3-6,10-11,17H,1-2,7-9,12H2,(H,30,38)(H,36,37)(H,40,41)(H5,28,29,31,32,39)/t17-/m0/s1. The normalized spacial score (nSPS) is 11.4. The molecule has 0 unspecified atom stereocenters. The van der Waals surface area contributed by atoms with Crippen molar-refractivity contribution in [3.8, 4) is 0 Å². The van der Waals surface area contributed by atoms with Crippen LogP contribution in [0.4, 0.5) is 33.2 Å². The monoisotopic (exact) mass is 630 g/mol. The van der Waals surface area contributed by atoms with Gasteiger partial charge in [-0.3, -0.25) is 39.6 Å². The van der Waals surface area contributed by atoms with Crippen molar-refractivity contribution in [2.24, 2.45) is 0 Å². The van der Waals surface area contributed by atoms with Gasteiger partial charge in [-0.05, 0) is 37.0 Å². The van der Waals surface area contributed by atoms with Crippen molar-refractivity contribution in [3.63, 3.8) is 0 Å². The first-order chi connectivity index (χ1) is 21.2. The molecule has 1 atom stereocenters. The summed E-state index contributed by atoms with van der Waals surface area (Å²) in [5, 5.41) is 43.4. The second kappa shape index (κ2) is 14.4. The van der Waals surface area contributed by atoms with Crippen LogP contribution in [-0.2, 0) is 22.6 Å². The van der Waals surface area contributed by atoms with E-state index in [-0.39, 0.29) is 60.9 Å². The second-order valence-corrected chi connectivity index (χ2v) is 9.64. The highest BCUT2D eigenvalue weighted by atomic mass is 19.1. The van der Waals surface area contributed by atoms with Crippen LogP contribution in [0.3, 0.4) is 0 Å². The Kier molecular flexibility index (Phi) is 10.6. The first kappa shape index (κ1) is 33.4. The highest BCUT2D eigenvalue weighted by Gasteiger charge is 2.28. The zero-order valence-corrected chi connectivity index (χ0v) is 23.3. The van der Waals surface area contributed by atoms with E-state index < -0.39 is 62.9 Å². The van der Waals surface area contributed by atoms with Crippen LogP contribution < -0.4 is 27.2 Å². The van der Waals surface area contributed by atoms with Crippen molar-refractivity contribution in [1.82, 2.24) is 15.3 Å². The number of aliphatic carboxylic acids is 2. The highest BCUT2D eigenvalue weighted by Crippen LogP contribution is 2.35. The fraction of sp³-hybridized carbons (Fsp3) is 0.269. The van der Waals surface area contributed by atoms with E-state index >= 15 is 0 Å². The van der Waals surface area contributed by atoms with Crippen molar-refractivity contribution in [2.45, 2.75) is 38.3 Å². The minimum absolute atomic E-state index is 0.0183. The summed E-state index contributed by atoms with van der Waals surface area (Å²) in [4.78, 5) is 75.6. The van der Waals surface area contributed by atoms with E-state index in [1.54, 1.807) is 0 Å². The number of benzene rings is 2. The molecule has 0 spiro atoms. The van der Waals surface area contributed by atoms with Gasteiger partial charge >= 0.3 is 17.6 Å². The first-order valence-corrected chi connectivity index (χ1v) is 13.0. The Balaban J connectivity index is 1.90. The maximum atomic E-state index is 14.7. The van der Waals surface area contributed by atoms with Crippen LogP contribution in [0.2, 0.25) is 0 Å². The Morgan fingerprint density at radius 2 is 1.71 bits per heavy atom. The maximum Gasteiger partial charge on any atom is 0.326 e. The van der Waals surface area contributed by atoms with Gasteiger partial charge in [0.2, 0.25) is 11.8 Å². The lowest BCUT2D eigenvalue weighted by atomic mass is 10.1. The number of carboxylic acid groups (broad SMARTS) is 2. The lowest BCUT2D eigenvalue weighted by molar-refractivity contribution is -0.395. The third-order valence-electron chi connectivity index (χ3n) is 6.54. The molecule has 19 heteroatoms. The fourth-order valence-corrected chi connectivity index (χ4v) is 4.33. The third-order valence-corrected chi connectivity index (χ3v) is 6.54. The van der Waals surface area contributed by atoms with E-state index in [2.05, 4.69) is 15.3 Å². The molecule has 3 rings (SSSR count). The summed E-state index contributed by atoms with van der Waals surface area (Å²) >= 11 is 0. The first-order valence-electron chi connectivity index (χ1n) is 13.0. The summed E-state index contributed by atoms with van der Waals surface area (Å²) in [5.74, 6) is -5.11. The number of nitro benzene ring substituents is 2. The minimum Gasteiger partial charge on any atom is -0.481 e. The molecule has 0 aliphatic heterocycles. The number of nitrogens with zero attached hydrogens (tertiary/aromatic N) is 4.